The zero-order chi connectivity index (χ0) is 20.4. The molecule has 0 unspecified atom stereocenters. The fraction of sp³-hybridized carbons (Fsp3) is 0.227. The highest BCUT2D eigenvalue weighted by Gasteiger charge is 2.26. The topological polar surface area (TPSA) is 76.0 Å². The van der Waals surface area contributed by atoms with Crippen LogP contribution in [0.15, 0.2) is 48.5 Å². The predicted octanol–water partition coefficient (Wildman–Crippen LogP) is 3.27. The molecule has 7 heteroatoms. The van der Waals surface area contributed by atoms with Crippen molar-refractivity contribution in [2.75, 3.05) is 0 Å². The van der Waals surface area contributed by atoms with Gasteiger partial charge in [0.2, 0.25) is 0 Å². The highest BCUT2D eigenvalue weighted by atomic mass is 19.1. The zero-order valence-electron chi connectivity index (χ0n) is 16.0. The summed E-state index contributed by atoms with van der Waals surface area (Å²) >= 11 is 0. The van der Waals surface area contributed by atoms with E-state index in [0.717, 1.165) is 42.5 Å². The lowest BCUT2D eigenvalue weighted by molar-refractivity contribution is 0.0842. The van der Waals surface area contributed by atoms with Crippen LogP contribution in [-0.4, -0.2) is 21.6 Å². The molecule has 0 fully saturated rings. The molecule has 0 radical (unpaired) electrons. The van der Waals surface area contributed by atoms with Gasteiger partial charge in [-0.2, -0.15) is 5.10 Å². The summed E-state index contributed by atoms with van der Waals surface area (Å²) in [6.07, 6.45) is 3.51. The van der Waals surface area contributed by atoms with Gasteiger partial charge in [-0.15, -0.1) is 0 Å². The Morgan fingerprint density at radius 3 is 2.41 bits per heavy atom. The Bertz CT molecular complexity index is 1070. The first-order valence-corrected chi connectivity index (χ1v) is 9.57. The third-order valence-electron chi connectivity index (χ3n) is 5.15. The lowest BCUT2D eigenvalue weighted by Gasteiger charge is -2.14. The van der Waals surface area contributed by atoms with Crippen molar-refractivity contribution >= 4 is 11.8 Å². The number of amides is 2. The number of hydrogen-bond donors (Lipinski definition) is 2. The molecule has 0 saturated carbocycles. The average Bonchev–Trinajstić information content (AvgIpc) is 3.12. The van der Waals surface area contributed by atoms with Crippen LogP contribution >= 0.6 is 0 Å². The lowest BCUT2D eigenvalue weighted by Crippen LogP contribution is -2.42. The molecule has 4 rings (SSSR count). The molecule has 29 heavy (non-hydrogen) atoms. The smallest absolute Gasteiger partial charge is 0.267 e. The average molecular weight is 392 g/mol. The molecule has 1 heterocycles. The van der Waals surface area contributed by atoms with Gasteiger partial charge in [0.25, 0.3) is 11.8 Å². The molecule has 0 atom stereocenters. The van der Waals surface area contributed by atoms with Gasteiger partial charge in [-0.05, 0) is 68.5 Å². The molecule has 0 spiro atoms. The second-order valence-corrected chi connectivity index (χ2v) is 7.09. The molecule has 2 amide bonds. The van der Waals surface area contributed by atoms with Gasteiger partial charge in [0.05, 0.1) is 5.69 Å². The summed E-state index contributed by atoms with van der Waals surface area (Å²) in [5.41, 5.74) is 9.07. The number of hydrogen-bond acceptors (Lipinski definition) is 3. The van der Waals surface area contributed by atoms with Gasteiger partial charge < -0.3 is 0 Å². The van der Waals surface area contributed by atoms with Crippen LogP contribution in [0.2, 0.25) is 0 Å². The van der Waals surface area contributed by atoms with Gasteiger partial charge in [-0.1, -0.05) is 18.2 Å². The van der Waals surface area contributed by atoms with E-state index in [9.17, 15) is 14.0 Å². The molecule has 148 valence electrons. The monoisotopic (exact) mass is 392 g/mol. The Balaban J connectivity index is 1.58. The summed E-state index contributed by atoms with van der Waals surface area (Å²) in [6, 6.07) is 13.2. The first-order valence-electron chi connectivity index (χ1n) is 9.57. The largest absolute Gasteiger partial charge is 0.290 e. The molecule has 2 N–H and O–H groups in total. The summed E-state index contributed by atoms with van der Waals surface area (Å²) in [6.45, 7) is 1.83. The quantitative estimate of drug-likeness (QED) is 0.672. The number of benzene rings is 2. The molecule has 6 nitrogen and oxygen atoms in total. The van der Waals surface area contributed by atoms with E-state index in [1.165, 1.54) is 12.1 Å². The van der Waals surface area contributed by atoms with Crippen molar-refractivity contribution in [2.24, 2.45) is 0 Å². The normalized spacial score (nSPS) is 12.9. The molecular weight excluding hydrogens is 371 g/mol. The van der Waals surface area contributed by atoms with Crippen LogP contribution in [0, 0.1) is 12.7 Å². The second kappa shape index (κ2) is 7.87. The molecule has 0 saturated heterocycles. The Morgan fingerprint density at radius 1 is 0.966 bits per heavy atom. The maximum atomic E-state index is 13.3. The number of aryl methyl sites for hydroxylation is 1. The van der Waals surface area contributed by atoms with Gasteiger partial charge in [0, 0.05) is 16.8 Å². The number of hydrazine groups is 1. The van der Waals surface area contributed by atoms with Crippen LogP contribution < -0.4 is 10.9 Å². The van der Waals surface area contributed by atoms with E-state index in [1.807, 2.05) is 19.1 Å². The third kappa shape index (κ3) is 3.76. The van der Waals surface area contributed by atoms with Crippen molar-refractivity contribution in [2.45, 2.75) is 32.6 Å². The SMILES string of the molecule is Cc1ccccc1C(=O)NNC(=O)c1nn(-c2ccc(F)cc2)c2c1CCCC2. The number of carbonyl (C=O) groups is 2. The number of nitrogens with zero attached hydrogens (tertiary/aromatic N) is 2. The second-order valence-electron chi connectivity index (χ2n) is 7.09. The number of carbonyl (C=O) groups excluding carboxylic acids is 2. The number of nitrogens with one attached hydrogen (secondary N) is 2. The standard InChI is InChI=1S/C22H21FN4O2/c1-14-6-2-3-7-17(14)21(28)24-25-22(29)20-18-8-4-5-9-19(18)27(26-20)16-12-10-15(23)11-13-16/h2-3,6-7,10-13H,4-5,8-9H2,1H3,(H,24,28)(H,25,29). The highest BCUT2D eigenvalue weighted by molar-refractivity contribution is 5.99. The van der Waals surface area contributed by atoms with E-state index in [-0.39, 0.29) is 17.4 Å². The van der Waals surface area contributed by atoms with E-state index in [2.05, 4.69) is 16.0 Å². The summed E-state index contributed by atoms with van der Waals surface area (Å²) < 4.78 is 15.0. The molecule has 2 aromatic carbocycles. The minimum atomic E-state index is -0.467. The third-order valence-corrected chi connectivity index (χ3v) is 5.15. The Hall–Kier alpha value is -3.48. The van der Waals surface area contributed by atoms with E-state index >= 15 is 0 Å². The summed E-state index contributed by atoms with van der Waals surface area (Å²) in [7, 11) is 0. The molecule has 1 aliphatic rings. The van der Waals surface area contributed by atoms with Crippen LogP contribution in [0.3, 0.4) is 0 Å². The number of aromatic nitrogens is 2. The molecule has 1 aromatic heterocycles. The molecule has 0 bridgehead atoms. The maximum absolute atomic E-state index is 13.3. The number of rotatable bonds is 3. The fourth-order valence-electron chi connectivity index (χ4n) is 3.64. The van der Waals surface area contributed by atoms with Crippen molar-refractivity contribution in [1.82, 2.24) is 20.6 Å². The summed E-state index contributed by atoms with van der Waals surface area (Å²) in [5.74, 6) is -1.18. The molecule has 3 aromatic rings. The van der Waals surface area contributed by atoms with Gasteiger partial charge in [-0.25, -0.2) is 9.07 Å². The van der Waals surface area contributed by atoms with E-state index in [4.69, 9.17) is 0 Å². The van der Waals surface area contributed by atoms with Crippen molar-refractivity contribution < 1.29 is 14.0 Å². The first-order chi connectivity index (χ1) is 14.0. The zero-order valence-corrected chi connectivity index (χ0v) is 16.0. The minimum Gasteiger partial charge on any atom is -0.267 e. The van der Waals surface area contributed by atoms with Gasteiger partial charge >= 0.3 is 0 Å². The number of halogens is 1. The Labute approximate surface area is 167 Å². The van der Waals surface area contributed by atoms with Crippen LogP contribution in [0.25, 0.3) is 5.69 Å². The maximum Gasteiger partial charge on any atom is 0.290 e. The van der Waals surface area contributed by atoms with Gasteiger partial charge in [0.1, 0.15) is 5.82 Å². The van der Waals surface area contributed by atoms with Crippen LogP contribution in [-0.2, 0) is 12.8 Å². The van der Waals surface area contributed by atoms with Crippen LogP contribution in [0.1, 0.15) is 50.5 Å². The van der Waals surface area contributed by atoms with Crippen molar-refractivity contribution in [3.05, 3.63) is 82.4 Å². The van der Waals surface area contributed by atoms with E-state index in [0.29, 0.717) is 11.3 Å². The van der Waals surface area contributed by atoms with Gasteiger partial charge in [-0.3, -0.25) is 20.4 Å². The highest BCUT2D eigenvalue weighted by Crippen LogP contribution is 2.27. The Kier molecular flexibility index (Phi) is 5.12. The van der Waals surface area contributed by atoms with E-state index in [1.54, 1.807) is 28.9 Å². The van der Waals surface area contributed by atoms with Crippen LogP contribution in [0.4, 0.5) is 4.39 Å². The molecule has 1 aliphatic carbocycles. The first kappa shape index (κ1) is 18.9. The lowest BCUT2D eigenvalue weighted by atomic mass is 9.95. The summed E-state index contributed by atoms with van der Waals surface area (Å²) in [4.78, 5) is 25.1. The predicted molar refractivity (Wildman–Crippen MR) is 106 cm³/mol. The fourth-order valence-corrected chi connectivity index (χ4v) is 3.64. The Morgan fingerprint density at radius 2 is 1.66 bits per heavy atom. The molecule has 0 aliphatic heterocycles. The van der Waals surface area contributed by atoms with Crippen molar-refractivity contribution in [3.8, 4) is 5.69 Å². The van der Waals surface area contributed by atoms with Crippen molar-refractivity contribution in [3.63, 3.8) is 0 Å². The summed E-state index contributed by atoms with van der Waals surface area (Å²) in [5, 5.41) is 4.49. The van der Waals surface area contributed by atoms with Gasteiger partial charge in [0.15, 0.2) is 5.69 Å². The van der Waals surface area contributed by atoms with Crippen molar-refractivity contribution in [1.29, 1.82) is 0 Å². The minimum absolute atomic E-state index is 0.286. The number of fused-ring (bicyclic) bond motifs is 1. The van der Waals surface area contributed by atoms with Crippen LogP contribution in [0.5, 0.6) is 0 Å². The van der Waals surface area contributed by atoms with E-state index < -0.39 is 5.91 Å². The molecular formula is C22H21FN4O2.